The van der Waals surface area contributed by atoms with Gasteiger partial charge >= 0.3 is 0 Å². The molecule has 0 aliphatic carbocycles. The Labute approximate surface area is 136 Å². The summed E-state index contributed by atoms with van der Waals surface area (Å²) >= 11 is 5.97. The van der Waals surface area contributed by atoms with Crippen LogP contribution in [0.4, 0.5) is 5.69 Å². The van der Waals surface area contributed by atoms with Gasteiger partial charge in [-0.15, -0.1) is 0 Å². The van der Waals surface area contributed by atoms with Crippen molar-refractivity contribution in [3.05, 3.63) is 68.2 Å². The number of benzene rings is 2. The van der Waals surface area contributed by atoms with Crippen molar-refractivity contribution >= 4 is 29.4 Å². The predicted molar refractivity (Wildman–Crippen MR) is 86.0 cm³/mol. The van der Waals surface area contributed by atoms with E-state index >= 15 is 0 Å². The number of phenolic OH excluding ortho intramolecular Hbond substituents is 1. The molecule has 2 aromatic carbocycles. The Hall–Kier alpha value is -2.93. The third kappa shape index (κ3) is 4.04. The molecule has 0 spiro atoms. The first-order valence-corrected chi connectivity index (χ1v) is 6.83. The molecule has 8 heteroatoms. The molecule has 0 saturated carbocycles. The number of nitro benzene ring substituents is 1. The van der Waals surface area contributed by atoms with E-state index in [-0.39, 0.29) is 27.6 Å². The number of carbonyl (C=O) groups excluding carboxylic acids is 1. The van der Waals surface area contributed by atoms with Crippen LogP contribution in [0.1, 0.15) is 21.5 Å². The third-order valence-corrected chi connectivity index (χ3v) is 3.26. The molecule has 0 unspecified atom stereocenters. The van der Waals surface area contributed by atoms with Crippen LogP contribution in [-0.4, -0.2) is 22.2 Å². The molecular formula is C15H12ClN3O4. The summed E-state index contributed by atoms with van der Waals surface area (Å²) in [6.07, 6.45) is 1.08. The number of nitro groups is 1. The number of nitrogens with zero attached hydrogens (tertiary/aromatic N) is 2. The van der Waals surface area contributed by atoms with E-state index < -0.39 is 10.8 Å². The highest BCUT2D eigenvalue weighted by atomic mass is 35.5. The molecule has 0 bridgehead atoms. The van der Waals surface area contributed by atoms with Crippen molar-refractivity contribution in [2.75, 3.05) is 0 Å². The first kappa shape index (κ1) is 16.4. The van der Waals surface area contributed by atoms with Crippen molar-refractivity contribution in [3.8, 4) is 5.75 Å². The second-order valence-corrected chi connectivity index (χ2v) is 5.09. The van der Waals surface area contributed by atoms with Gasteiger partial charge in [-0.1, -0.05) is 17.7 Å². The van der Waals surface area contributed by atoms with Crippen LogP contribution in [0.25, 0.3) is 0 Å². The summed E-state index contributed by atoms with van der Waals surface area (Å²) in [6, 6.07) is 8.44. The highest BCUT2D eigenvalue weighted by Gasteiger charge is 2.13. The Morgan fingerprint density at radius 1 is 1.35 bits per heavy atom. The van der Waals surface area contributed by atoms with Gasteiger partial charge in [-0.3, -0.25) is 14.9 Å². The zero-order chi connectivity index (χ0) is 17.0. The van der Waals surface area contributed by atoms with Crippen LogP contribution in [0.3, 0.4) is 0 Å². The van der Waals surface area contributed by atoms with Gasteiger partial charge in [0.1, 0.15) is 5.75 Å². The van der Waals surface area contributed by atoms with Crippen LogP contribution in [0.5, 0.6) is 5.75 Å². The van der Waals surface area contributed by atoms with Crippen molar-refractivity contribution in [1.82, 2.24) is 5.43 Å². The molecule has 2 aromatic rings. The highest BCUT2D eigenvalue weighted by molar-refractivity contribution is 6.33. The number of hydrogen-bond acceptors (Lipinski definition) is 5. The Morgan fingerprint density at radius 2 is 2.09 bits per heavy atom. The SMILES string of the molecule is Cc1ccc(C(=O)N/N=C\c2cc(O)ccc2[N+](=O)[O-])c(Cl)c1. The largest absolute Gasteiger partial charge is 0.508 e. The molecule has 7 nitrogen and oxygen atoms in total. The number of carbonyl (C=O) groups is 1. The van der Waals surface area contributed by atoms with Gasteiger partial charge in [0, 0.05) is 6.07 Å². The lowest BCUT2D eigenvalue weighted by Crippen LogP contribution is -2.18. The van der Waals surface area contributed by atoms with Crippen LogP contribution in [0.2, 0.25) is 5.02 Å². The zero-order valence-corrected chi connectivity index (χ0v) is 12.7. The van der Waals surface area contributed by atoms with E-state index in [1.165, 1.54) is 12.1 Å². The monoisotopic (exact) mass is 333 g/mol. The summed E-state index contributed by atoms with van der Waals surface area (Å²) in [7, 11) is 0. The van der Waals surface area contributed by atoms with E-state index in [0.717, 1.165) is 17.8 Å². The maximum absolute atomic E-state index is 12.0. The molecule has 0 atom stereocenters. The molecular weight excluding hydrogens is 322 g/mol. The molecule has 0 saturated heterocycles. The lowest BCUT2D eigenvalue weighted by Gasteiger charge is -2.03. The van der Waals surface area contributed by atoms with E-state index in [4.69, 9.17) is 11.6 Å². The van der Waals surface area contributed by atoms with Crippen molar-refractivity contribution in [1.29, 1.82) is 0 Å². The zero-order valence-electron chi connectivity index (χ0n) is 12.0. The topological polar surface area (TPSA) is 105 Å². The average Bonchev–Trinajstić information content (AvgIpc) is 2.46. The molecule has 2 rings (SSSR count). The first-order valence-electron chi connectivity index (χ1n) is 6.45. The smallest absolute Gasteiger partial charge is 0.278 e. The fourth-order valence-electron chi connectivity index (χ4n) is 1.84. The molecule has 0 fully saturated rings. The number of aryl methyl sites for hydroxylation is 1. The van der Waals surface area contributed by atoms with E-state index in [1.807, 2.05) is 6.92 Å². The van der Waals surface area contributed by atoms with Crippen LogP contribution in [-0.2, 0) is 0 Å². The minimum Gasteiger partial charge on any atom is -0.508 e. The number of amides is 1. The normalized spacial score (nSPS) is 10.7. The summed E-state index contributed by atoms with van der Waals surface area (Å²) in [5.74, 6) is -0.695. The van der Waals surface area contributed by atoms with Gasteiger partial charge in [0.2, 0.25) is 0 Å². The number of rotatable bonds is 4. The number of hydrogen-bond donors (Lipinski definition) is 2. The van der Waals surface area contributed by atoms with Crippen molar-refractivity contribution in [3.63, 3.8) is 0 Å². The second kappa shape index (κ2) is 6.89. The predicted octanol–water partition coefficient (Wildman–Crippen LogP) is 3.03. The van der Waals surface area contributed by atoms with Gasteiger partial charge in [-0.25, -0.2) is 5.43 Å². The Kier molecular flexibility index (Phi) is 4.92. The van der Waals surface area contributed by atoms with E-state index in [1.54, 1.807) is 18.2 Å². The Morgan fingerprint density at radius 3 is 2.74 bits per heavy atom. The van der Waals surface area contributed by atoms with Crippen molar-refractivity contribution in [2.45, 2.75) is 6.92 Å². The first-order chi connectivity index (χ1) is 10.9. The number of aromatic hydroxyl groups is 1. The van der Waals surface area contributed by atoms with E-state index in [9.17, 15) is 20.0 Å². The van der Waals surface area contributed by atoms with Gasteiger partial charge in [0.05, 0.1) is 27.3 Å². The van der Waals surface area contributed by atoms with Gasteiger partial charge in [0.25, 0.3) is 11.6 Å². The molecule has 0 aromatic heterocycles. The molecule has 23 heavy (non-hydrogen) atoms. The number of phenols is 1. The number of hydrazone groups is 1. The molecule has 0 aliphatic heterocycles. The molecule has 0 radical (unpaired) electrons. The van der Waals surface area contributed by atoms with Gasteiger partial charge in [-0.05, 0) is 36.8 Å². The van der Waals surface area contributed by atoms with E-state index in [2.05, 4.69) is 10.5 Å². The highest BCUT2D eigenvalue weighted by Crippen LogP contribution is 2.21. The molecule has 2 N–H and O–H groups in total. The van der Waals surface area contributed by atoms with Gasteiger partial charge < -0.3 is 5.11 Å². The van der Waals surface area contributed by atoms with Crippen LogP contribution in [0.15, 0.2) is 41.5 Å². The van der Waals surface area contributed by atoms with Crippen LogP contribution < -0.4 is 5.43 Å². The summed E-state index contributed by atoms with van der Waals surface area (Å²) in [4.78, 5) is 22.2. The molecule has 118 valence electrons. The third-order valence-electron chi connectivity index (χ3n) is 2.95. The maximum atomic E-state index is 12.0. The fraction of sp³-hybridized carbons (Fsp3) is 0.0667. The number of nitrogens with one attached hydrogen (secondary N) is 1. The van der Waals surface area contributed by atoms with Gasteiger partial charge in [-0.2, -0.15) is 5.10 Å². The van der Waals surface area contributed by atoms with Gasteiger partial charge in [0.15, 0.2) is 0 Å². The average molecular weight is 334 g/mol. The maximum Gasteiger partial charge on any atom is 0.278 e. The summed E-state index contributed by atoms with van der Waals surface area (Å²) in [6.45, 7) is 1.84. The second-order valence-electron chi connectivity index (χ2n) is 4.68. The summed E-state index contributed by atoms with van der Waals surface area (Å²) in [5, 5.41) is 24.2. The fourth-order valence-corrected chi connectivity index (χ4v) is 2.16. The minimum absolute atomic E-state index is 0.0605. The minimum atomic E-state index is -0.612. The summed E-state index contributed by atoms with van der Waals surface area (Å²) in [5.41, 5.74) is 3.20. The number of halogens is 1. The standard InChI is InChI=1S/C15H12ClN3O4/c1-9-2-4-12(13(16)6-9)15(21)18-17-8-10-7-11(20)3-5-14(10)19(22)23/h2-8,20H,1H3,(H,18,21)/b17-8-. The van der Waals surface area contributed by atoms with Crippen molar-refractivity contribution in [2.24, 2.45) is 5.10 Å². The van der Waals surface area contributed by atoms with Crippen LogP contribution in [0, 0.1) is 17.0 Å². The quantitative estimate of drug-likeness (QED) is 0.509. The Balaban J connectivity index is 2.17. The molecule has 0 heterocycles. The lowest BCUT2D eigenvalue weighted by molar-refractivity contribution is -0.385. The molecule has 0 aliphatic rings. The van der Waals surface area contributed by atoms with E-state index in [0.29, 0.717) is 0 Å². The lowest BCUT2D eigenvalue weighted by atomic mass is 10.1. The van der Waals surface area contributed by atoms with Crippen LogP contribution >= 0.6 is 11.6 Å². The Bertz CT molecular complexity index is 805. The van der Waals surface area contributed by atoms with Crippen molar-refractivity contribution < 1.29 is 14.8 Å². The molecule has 1 amide bonds. The summed E-state index contributed by atoms with van der Waals surface area (Å²) < 4.78 is 0.